The van der Waals surface area contributed by atoms with E-state index in [1.165, 1.54) is 6.07 Å². The van der Waals surface area contributed by atoms with Gasteiger partial charge in [-0.15, -0.1) is 0 Å². The first kappa shape index (κ1) is 15.2. The van der Waals surface area contributed by atoms with Gasteiger partial charge in [0.1, 0.15) is 5.66 Å². The van der Waals surface area contributed by atoms with Gasteiger partial charge in [0.2, 0.25) is 17.7 Å². The summed E-state index contributed by atoms with van der Waals surface area (Å²) in [6.07, 6.45) is 4.38. The molecule has 9 heteroatoms. The van der Waals surface area contributed by atoms with Crippen molar-refractivity contribution in [3.8, 4) is 0 Å². The number of halogens is 1. The lowest BCUT2D eigenvalue weighted by atomic mass is 9.87. The van der Waals surface area contributed by atoms with Crippen molar-refractivity contribution >= 4 is 23.3 Å². The van der Waals surface area contributed by atoms with Gasteiger partial charge in [-0.05, 0) is 31.7 Å². The van der Waals surface area contributed by atoms with E-state index in [2.05, 4.69) is 9.98 Å². The monoisotopic (exact) mass is 320 g/mol. The number of nitrogens with two attached hydrogens (primary N) is 2. The number of nitrogens with zero attached hydrogens (tertiary/aromatic N) is 4. The summed E-state index contributed by atoms with van der Waals surface area (Å²) in [6.45, 7) is 0. The van der Waals surface area contributed by atoms with Crippen LogP contribution in [-0.2, 0) is 0 Å². The van der Waals surface area contributed by atoms with Gasteiger partial charge in [0, 0.05) is 17.8 Å². The lowest BCUT2D eigenvalue weighted by molar-refractivity contribution is -0.387. The van der Waals surface area contributed by atoms with Gasteiger partial charge in [0.25, 0.3) is 0 Å². The van der Waals surface area contributed by atoms with Crippen molar-refractivity contribution in [3.63, 3.8) is 0 Å². The van der Waals surface area contributed by atoms with Gasteiger partial charge in [-0.3, -0.25) is 15.0 Å². The van der Waals surface area contributed by atoms with E-state index in [-0.39, 0.29) is 11.9 Å². The zero-order chi connectivity index (χ0) is 16.6. The predicted octanol–water partition coefficient (Wildman–Crippen LogP) is 1.84. The van der Waals surface area contributed by atoms with Gasteiger partial charge in [-0.25, -0.2) is 4.99 Å². The normalized spacial score (nSPS) is 20.1. The zero-order valence-electron chi connectivity index (χ0n) is 12.4. The quantitative estimate of drug-likeness (QED) is 0.635. The third kappa shape index (κ3) is 2.58. The molecule has 0 aromatic heterocycles. The van der Waals surface area contributed by atoms with Gasteiger partial charge < -0.3 is 11.5 Å². The number of nitro groups is 1. The van der Waals surface area contributed by atoms with E-state index in [1.807, 2.05) is 0 Å². The third-order valence-corrected chi connectivity index (χ3v) is 4.24. The van der Waals surface area contributed by atoms with E-state index in [4.69, 9.17) is 11.5 Å². The maximum Gasteiger partial charge on any atom is 0.304 e. The van der Waals surface area contributed by atoms with Gasteiger partial charge in [-0.2, -0.15) is 9.38 Å². The molecule has 1 aliphatic heterocycles. The Balaban J connectivity index is 2.07. The van der Waals surface area contributed by atoms with Crippen LogP contribution in [0.1, 0.15) is 32.1 Å². The van der Waals surface area contributed by atoms with E-state index >= 15 is 0 Å². The Labute approximate surface area is 131 Å². The van der Waals surface area contributed by atoms with Gasteiger partial charge in [0.15, 0.2) is 0 Å². The predicted molar refractivity (Wildman–Crippen MR) is 84.6 cm³/mol. The molecule has 2 aliphatic rings. The van der Waals surface area contributed by atoms with Crippen molar-refractivity contribution in [1.82, 2.24) is 0 Å². The number of aliphatic imine (C=N–C) groups is 2. The Hall–Kier alpha value is -2.71. The number of nitro benzene ring substituents is 1. The number of guanidine groups is 2. The molecule has 23 heavy (non-hydrogen) atoms. The highest BCUT2D eigenvalue weighted by molar-refractivity contribution is 6.05. The van der Waals surface area contributed by atoms with E-state index < -0.39 is 22.1 Å². The summed E-state index contributed by atoms with van der Waals surface area (Å²) in [5, 5.41) is 10.8. The highest BCUT2D eigenvalue weighted by Crippen LogP contribution is 2.40. The molecule has 1 saturated carbocycles. The minimum atomic E-state index is -0.922. The highest BCUT2D eigenvalue weighted by Gasteiger charge is 2.42. The average molecular weight is 320 g/mol. The molecule has 1 heterocycles. The fourth-order valence-electron chi connectivity index (χ4n) is 3.28. The second kappa shape index (κ2) is 5.49. The lowest BCUT2D eigenvalue weighted by Gasteiger charge is -2.45. The molecule has 1 fully saturated rings. The third-order valence-electron chi connectivity index (χ3n) is 4.24. The second-order valence-electron chi connectivity index (χ2n) is 5.71. The molecule has 1 spiro atoms. The van der Waals surface area contributed by atoms with Crippen LogP contribution in [0, 0.1) is 15.9 Å². The zero-order valence-corrected chi connectivity index (χ0v) is 12.4. The second-order valence-corrected chi connectivity index (χ2v) is 5.71. The standard InChI is InChI=1S/C14H17FN6O2/c15-10-8-9(4-5-11(10)21(22)23)20-13(17)18-12(16)19-14(20)6-2-1-3-7-14/h4-5,8H,1-3,6-7H2,(H4,16,17,18,19). The van der Waals surface area contributed by atoms with Gasteiger partial charge in [0.05, 0.1) is 4.92 Å². The van der Waals surface area contributed by atoms with Crippen LogP contribution in [0.4, 0.5) is 15.8 Å². The SMILES string of the molecule is NC1=NC2(CCCCC2)N(c2ccc([N+](=O)[O-])c(F)c2)C(N)=N1. The molecule has 1 aliphatic carbocycles. The van der Waals surface area contributed by atoms with Crippen molar-refractivity contribution in [1.29, 1.82) is 0 Å². The summed E-state index contributed by atoms with van der Waals surface area (Å²) >= 11 is 0. The number of hydrogen-bond donors (Lipinski definition) is 2. The van der Waals surface area contributed by atoms with Crippen LogP contribution in [0.15, 0.2) is 28.2 Å². The molecule has 4 N–H and O–H groups in total. The fraction of sp³-hybridized carbons (Fsp3) is 0.429. The Morgan fingerprint density at radius 2 is 1.96 bits per heavy atom. The first-order valence-electron chi connectivity index (χ1n) is 7.37. The molecule has 0 bridgehead atoms. The molecule has 122 valence electrons. The minimum Gasteiger partial charge on any atom is -0.369 e. The topological polar surface area (TPSA) is 123 Å². The molecule has 1 aromatic carbocycles. The maximum atomic E-state index is 14.0. The molecule has 3 rings (SSSR count). The minimum absolute atomic E-state index is 0.100. The Bertz CT molecular complexity index is 711. The fourth-order valence-corrected chi connectivity index (χ4v) is 3.28. The van der Waals surface area contributed by atoms with Crippen LogP contribution >= 0.6 is 0 Å². The van der Waals surface area contributed by atoms with Crippen molar-refractivity contribution in [2.45, 2.75) is 37.8 Å². The van der Waals surface area contributed by atoms with E-state index in [0.717, 1.165) is 31.4 Å². The molecule has 8 nitrogen and oxygen atoms in total. The van der Waals surface area contributed by atoms with Crippen LogP contribution in [0.5, 0.6) is 0 Å². The Morgan fingerprint density at radius 3 is 2.57 bits per heavy atom. The molecule has 0 atom stereocenters. The van der Waals surface area contributed by atoms with Gasteiger partial charge in [-0.1, -0.05) is 6.42 Å². The molecule has 0 unspecified atom stereocenters. The van der Waals surface area contributed by atoms with Crippen LogP contribution < -0.4 is 16.4 Å². The lowest BCUT2D eigenvalue weighted by Crippen LogP contribution is -2.58. The van der Waals surface area contributed by atoms with Crippen molar-refractivity contribution in [2.75, 3.05) is 4.90 Å². The number of rotatable bonds is 2. The Morgan fingerprint density at radius 1 is 1.26 bits per heavy atom. The summed E-state index contributed by atoms with van der Waals surface area (Å²) in [4.78, 5) is 20.1. The first-order chi connectivity index (χ1) is 10.9. The van der Waals surface area contributed by atoms with E-state index in [9.17, 15) is 14.5 Å². The molecule has 0 radical (unpaired) electrons. The largest absolute Gasteiger partial charge is 0.369 e. The number of anilines is 1. The molecule has 0 saturated heterocycles. The van der Waals surface area contributed by atoms with Gasteiger partial charge >= 0.3 is 5.69 Å². The van der Waals surface area contributed by atoms with Crippen LogP contribution in [0.3, 0.4) is 0 Å². The molecular weight excluding hydrogens is 303 g/mol. The summed E-state index contributed by atoms with van der Waals surface area (Å²) < 4.78 is 14.0. The summed E-state index contributed by atoms with van der Waals surface area (Å²) in [5.41, 5.74) is 10.9. The molecule has 1 aromatic rings. The van der Waals surface area contributed by atoms with Crippen LogP contribution in [0.25, 0.3) is 0 Å². The summed E-state index contributed by atoms with van der Waals surface area (Å²) in [5.74, 6) is -0.704. The van der Waals surface area contributed by atoms with Crippen molar-refractivity contribution < 1.29 is 9.31 Å². The molecule has 0 amide bonds. The van der Waals surface area contributed by atoms with Crippen molar-refractivity contribution in [2.24, 2.45) is 21.5 Å². The average Bonchev–Trinajstić information content (AvgIpc) is 2.46. The first-order valence-corrected chi connectivity index (χ1v) is 7.37. The summed E-state index contributed by atoms with van der Waals surface area (Å²) in [7, 11) is 0. The summed E-state index contributed by atoms with van der Waals surface area (Å²) in [6, 6.07) is 3.67. The Kier molecular flexibility index (Phi) is 3.63. The number of hydrogen-bond acceptors (Lipinski definition) is 7. The highest BCUT2D eigenvalue weighted by atomic mass is 19.1. The van der Waals surface area contributed by atoms with Crippen molar-refractivity contribution in [3.05, 3.63) is 34.1 Å². The number of benzene rings is 1. The maximum absolute atomic E-state index is 14.0. The van der Waals surface area contributed by atoms with Crippen LogP contribution in [-0.4, -0.2) is 22.5 Å². The van der Waals surface area contributed by atoms with E-state index in [1.54, 1.807) is 4.90 Å². The van der Waals surface area contributed by atoms with Crippen LogP contribution in [0.2, 0.25) is 0 Å². The van der Waals surface area contributed by atoms with E-state index in [0.29, 0.717) is 18.5 Å². The smallest absolute Gasteiger partial charge is 0.304 e. The molecular formula is C14H17FN6O2.